The Balaban J connectivity index is 1.78. The van der Waals surface area contributed by atoms with Crippen molar-refractivity contribution < 1.29 is 22.7 Å². The average Bonchev–Trinajstić information content (AvgIpc) is 2.76. The zero-order chi connectivity index (χ0) is 22.6. The summed E-state index contributed by atoms with van der Waals surface area (Å²) in [7, 11) is -2.51. The molecule has 3 rings (SSSR count). The Hall–Kier alpha value is -3.36. The molecule has 0 saturated carbocycles. The van der Waals surface area contributed by atoms with Crippen LogP contribution in [0.1, 0.15) is 26.3 Å². The fourth-order valence-corrected chi connectivity index (χ4v) is 4.14. The minimum Gasteiger partial charge on any atom is -0.465 e. The zero-order valence-electron chi connectivity index (χ0n) is 16.7. The number of amides is 1. The normalized spacial score (nSPS) is 10.9. The Morgan fingerprint density at radius 3 is 2.32 bits per heavy atom. The molecule has 9 heteroatoms. The lowest BCUT2D eigenvalue weighted by Crippen LogP contribution is -2.15. The molecule has 0 spiro atoms. The van der Waals surface area contributed by atoms with Crippen LogP contribution in [-0.2, 0) is 14.8 Å². The molecule has 3 aromatic carbocycles. The molecule has 0 unspecified atom stereocenters. The van der Waals surface area contributed by atoms with Gasteiger partial charge in [0.25, 0.3) is 15.9 Å². The Kier molecular flexibility index (Phi) is 6.62. The van der Waals surface area contributed by atoms with Crippen molar-refractivity contribution in [2.75, 3.05) is 17.1 Å². The smallest absolute Gasteiger partial charge is 0.339 e. The van der Waals surface area contributed by atoms with Gasteiger partial charge in [0.1, 0.15) is 0 Å². The minimum absolute atomic E-state index is 0.129. The number of anilines is 2. The van der Waals surface area contributed by atoms with E-state index in [0.29, 0.717) is 22.5 Å². The first-order chi connectivity index (χ1) is 14.7. The van der Waals surface area contributed by atoms with Gasteiger partial charge in [-0.2, -0.15) is 0 Å². The third-order valence-electron chi connectivity index (χ3n) is 4.42. The number of esters is 1. The van der Waals surface area contributed by atoms with Gasteiger partial charge in [0, 0.05) is 11.3 Å². The second-order valence-corrected chi connectivity index (χ2v) is 8.68. The highest BCUT2D eigenvalue weighted by atomic mass is 35.5. The van der Waals surface area contributed by atoms with Crippen LogP contribution in [0.4, 0.5) is 11.4 Å². The number of ether oxygens (including phenoxy) is 1. The van der Waals surface area contributed by atoms with Crippen LogP contribution in [0.25, 0.3) is 0 Å². The molecule has 0 heterocycles. The maximum absolute atomic E-state index is 12.6. The lowest BCUT2D eigenvalue weighted by Gasteiger charge is -2.12. The first-order valence-electron chi connectivity index (χ1n) is 9.09. The van der Waals surface area contributed by atoms with Gasteiger partial charge < -0.3 is 10.1 Å². The summed E-state index contributed by atoms with van der Waals surface area (Å²) in [5.41, 5.74) is 1.73. The Morgan fingerprint density at radius 1 is 0.968 bits per heavy atom. The van der Waals surface area contributed by atoms with Gasteiger partial charge in [-0.15, -0.1) is 0 Å². The molecule has 160 valence electrons. The molecule has 0 fully saturated rings. The molecule has 31 heavy (non-hydrogen) atoms. The van der Waals surface area contributed by atoms with Crippen molar-refractivity contribution in [3.8, 4) is 0 Å². The van der Waals surface area contributed by atoms with Crippen LogP contribution < -0.4 is 10.0 Å². The number of hydrogen-bond donors (Lipinski definition) is 2. The summed E-state index contributed by atoms with van der Waals surface area (Å²) in [5, 5.41) is 2.89. The van der Waals surface area contributed by atoms with E-state index < -0.39 is 21.9 Å². The van der Waals surface area contributed by atoms with Crippen molar-refractivity contribution in [2.24, 2.45) is 0 Å². The van der Waals surface area contributed by atoms with Gasteiger partial charge in [-0.1, -0.05) is 29.8 Å². The van der Waals surface area contributed by atoms with E-state index in [1.807, 2.05) is 0 Å². The SMILES string of the molecule is COC(=O)c1cc(NC(=O)c2ccc(NS(=O)(=O)c3ccccc3)c(C)c2)ccc1Cl. The number of nitrogens with one attached hydrogen (secondary N) is 2. The lowest BCUT2D eigenvalue weighted by atomic mass is 10.1. The first kappa shape index (κ1) is 22.3. The Bertz CT molecular complexity index is 1240. The van der Waals surface area contributed by atoms with Crippen molar-refractivity contribution in [1.82, 2.24) is 0 Å². The maximum atomic E-state index is 12.6. The number of carbonyl (C=O) groups excluding carboxylic acids is 2. The van der Waals surface area contributed by atoms with Crippen molar-refractivity contribution in [1.29, 1.82) is 0 Å². The van der Waals surface area contributed by atoms with Gasteiger partial charge >= 0.3 is 5.97 Å². The fraction of sp³-hybridized carbons (Fsp3) is 0.0909. The van der Waals surface area contributed by atoms with E-state index in [4.69, 9.17) is 11.6 Å². The third-order valence-corrected chi connectivity index (χ3v) is 6.13. The van der Waals surface area contributed by atoms with Crippen LogP contribution in [0.3, 0.4) is 0 Å². The molecule has 0 atom stereocenters. The van der Waals surface area contributed by atoms with Crippen molar-refractivity contribution in [3.05, 3.63) is 88.4 Å². The van der Waals surface area contributed by atoms with E-state index in [1.165, 1.54) is 43.5 Å². The van der Waals surface area contributed by atoms with Crippen molar-refractivity contribution >= 4 is 44.9 Å². The van der Waals surface area contributed by atoms with Crippen LogP contribution >= 0.6 is 11.6 Å². The number of benzene rings is 3. The monoisotopic (exact) mass is 458 g/mol. The van der Waals surface area contributed by atoms with E-state index in [1.54, 1.807) is 37.3 Å². The van der Waals surface area contributed by atoms with Crippen LogP contribution in [0.2, 0.25) is 5.02 Å². The Labute approximate surface area is 185 Å². The highest BCUT2D eigenvalue weighted by molar-refractivity contribution is 7.92. The van der Waals surface area contributed by atoms with E-state index in [-0.39, 0.29) is 15.5 Å². The number of aryl methyl sites for hydroxylation is 1. The van der Waals surface area contributed by atoms with Crippen LogP contribution in [0.5, 0.6) is 0 Å². The summed E-state index contributed by atoms with van der Waals surface area (Å²) in [6, 6.07) is 17.0. The lowest BCUT2D eigenvalue weighted by molar-refractivity contribution is 0.0600. The van der Waals surface area contributed by atoms with Crippen LogP contribution in [0.15, 0.2) is 71.6 Å². The molecule has 0 aliphatic carbocycles. The molecular formula is C22H19ClN2O5S. The molecule has 7 nitrogen and oxygen atoms in total. The van der Waals surface area contributed by atoms with Crippen molar-refractivity contribution in [3.63, 3.8) is 0 Å². The summed E-state index contributed by atoms with van der Waals surface area (Å²) in [4.78, 5) is 24.5. The van der Waals surface area contributed by atoms with E-state index in [0.717, 1.165) is 0 Å². The second kappa shape index (κ2) is 9.20. The molecule has 0 aliphatic heterocycles. The predicted octanol–water partition coefficient (Wildman–Crippen LogP) is 4.49. The van der Waals surface area contributed by atoms with Gasteiger partial charge in [0.15, 0.2) is 0 Å². The number of sulfonamides is 1. The quantitative estimate of drug-likeness (QED) is 0.530. The number of halogens is 1. The summed E-state index contributed by atoms with van der Waals surface area (Å²) in [6.45, 7) is 1.69. The molecule has 0 radical (unpaired) electrons. The zero-order valence-corrected chi connectivity index (χ0v) is 18.3. The predicted molar refractivity (Wildman–Crippen MR) is 119 cm³/mol. The summed E-state index contributed by atoms with van der Waals surface area (Å²) in [5.74, 6) is -1.05. The molecule has 2 N–H and O–H groups in total. The van der Waals surface area contributed by atoms with Crippen LogP contribution in [0, 0.1) is 6.92 Å². The number of methoxy groups -OCH3 is 1. The summed E-state index contributed by atoms with van der Waals surface area (Å²) >= 11 is 5.99. The standard InChI is InChI=1S/C22H19ClN2O5S/c1-14-12-15(8-11-20(14)25-31(28,29)17-6-4-3-5-7-17)21(26)24-16-9-10-19(23)18(13-16)22(27)30-2/h3-13,25H,1-2H3,(H,24,26). The summed E-state index contributed by atoms with van der Waals surface area (Å²) < 4.78 is 32.2. The van der Waals surface area contributed by atoms with Gasteiger partial charge in [0.05, 0.1) is 28.3 Å². The molecule has 0 saturated heterocycles. The number of rotatable bonds is 6. The number of hydrogen-bond acceptors (Lipinski definition) is 5. The van der Waals surface area contributed by atoms with Crippen molar-refractivity contribution in [2.45, 2.75) is 11.8 Å². The average molecular weight is 459 g/mol. The van der Waals surface area contributed by atoms with Gasteiger partial charge in [0.2, 0.25) is 0 Å². The van der Waals surface area contributed by atoms with E-state index in [2.05, 4.69) is 14.8 Å². The fourth-order valence-electron chi connectivity index (χ4n) is 2.80. The largest absolute Gasteiger partial charge is 0.465 e. The van der Waals surface area contributed by atoms with E-state index in [9.17, 15) is 18.0 Å². The van der Waals surface area contributed by atoms with Gasteiger partial charge in [-0.25, -0.2) is 13.2 Å². The molecule has 0 bridgehead atoms. The van der Waals surface area contributed by atoms with Gasteiger partial charge in [-0.05, 0) is 61.0 Å². The molecule has 3 aromatic rings. The molecule has 1 amide bonds. The number of carbonyl (C=O) groups is 2. The highest BCUT2D eigenvalue weighted by Gasteiger charge is 2.17. The summed E-state index contributed by atoms with van der Waals surface area (Å²) in [6.07, 6.45) is 0. The molecule has 0 aromatic heterocycles. The maximum Gasteiger partial charge on any atom is 0.339 e. The topological polar surface area (TPSA) is 102 Å². The van der Waals surface area contributed by atoms with E-state index >= 15 is 0 Å². The second-order valence-electron chi connectivity index (χ2n) is 6.59. The minimum atomic E-state index is -3.74. The highest BCUT2D eigenvalue weighted by Crippen LogP contribution is 2.24. The molecular weight excluding hydrogens is 440 g/mol. The van der Waals surface area contributed by atoms with Crippen LogP contribution in [-0.4, -0.2) is 27.4 Å². The Morgan fingerprint density at radius 2 is 1.68 bits per heavy atom. The third kappa shape index (κ3) is 5.22. The molecule has 0 aliphatic rings. The van der Waals surface area contributed by atoms with Gasteiger partial charge in [-0.3, -0.25) is 9.52 Å². The first-order valence-corrected chi connectivity index (χ1v) is 10.9.